The van der Waals surface area contributed by atoms with Gasteiger partial charge in [-0.15, -0.1) is 11.3 Å². The summed E-state index contributed by atoms with van der Waals surface area (Å²) in [7, 11) is 6.69. The van der Waals surface area contributed by atoms with Crippen molar-refractivity contribution in [3.63, 3.8) is 0 Å². The number of benzene rings is 1. The van der Waals surface area contributed by atoms with E-state index in [1.807, 2.05) is 51.2 Å². The molecule has 0 saturated carbocycles. The van der Waals surface area contributed by atoms with Crippen LogP contribution in [0.5, 0.6) is 0 Å². The van der Waals surface area contributed by atoms with Gasteiger partial charge in [0, 0.05) is 38.0 Å². The van der Waals surface area contributed by atoms with E-state index in [1.165, 1.54) is 18.4 Å². The average molecular weight is 686 g/mol. The van der Waals surface area contributed by atoms with Gasteiger partial charge in [-0.2, -0.15) is 0 Å². The van der Waals surface area contributed by atoms with E-state index in [0.717, 1.165) is 37.8 Å². The maximum absolute atomic E-state index is 14.1. The van der Waals surface area contributed by atoms with Gasteiger partial charge in [0.2, 0.25) is 11.8 Å². The number of nitrogens with one attached hydrogen (secondary N) is 2. The molecule has 0 unspecified atom stereocenters. The third-order valence-corrected chi connectivity index (χ3v) is 10.5. The van der Waals surface area contributed by atoms with Gasteiger partial charge in [0.15, 0.2) is 0 Å². The molecule has 266 valence electrons. The lowest BCUT2D eigenvalue weighted by Gasteiger charge is -2.38. The average Bonchev–Trinajstić information content (AvgIpc) is 3.57. The second-order valence-electron chi connectivity index (χ2n) is 13.3. The van der Waals surface area contributed by atoms with Crippen LogP contribution in [-0.2, 0) is 30.3 Å². The smallest absolute Gasteiger partial charge is 0.307 e. The number of ether oxygens (including phenoxy) is 2. The van der Waals surface area contributed by atoms with Gasteiger partial charge in [0.1, 0.15) is 22.8 Å². The lowest BCUT2D eigenvalue weighted by Crippen LogP contribution is -2.58. The van der Waals surface area contributed by atoms with Gasteiger partial charge in [0.25, 0.3) is 5.91 Å². The third-order valence-electron chi connectivity index (χ3n) is 9.54. The minimum atomic E-state index is -0.644. The number of likely N-dealkylation sites (N-methyl/N-ethyl adjacent to an activating group) is 2. The Morgan fingerprint density at radius 2 is 1.79 bits per heavy atom. The van der Waals surface area contributed by atoms with Crippen molar-refractivity contribution in [1.82, 2.24) is 25.4 Å². The zero-order valence-corrected chi connectivity index (χ0v) is 30.7. The molecule has 1 saturated heterocycles. The van der Waals surface area contributed by atoms with Crippen molar-refractivity contribution in [2.24, 2.45) is 11.8 Å². The molecule has 2 N–H and O–H groups in total. The largest absolute Gasteiger partial charge is 0.469 e. The van der Waals surface area contributed by atoms with Crippen molar-refractivity contribution >= 4 is 35.0 Å². The summed E-state index contributed by atoms with van der Waals surface area (Å²) in [4.78, 5) is 61.3. The Balaban J connectivity index is 1.73. The number of hydrogen-bond acceptors (Lipinski definition) is 9. The first-order valence-corrected chi connectivity index (χ1v) is 17.9. The van der Waals surface area contributed by atoms with E-state index in [1.54, 1.807) is 24.4 Å². The SMILES string of the molecule is CC[C@H](C)[C@H](NC(=O)[C@H]1CCCCN1C)C(=O)N(C)[C@H](C[C@@H](OC)c1nc(C(=O)N[C@H](CC(=O)OC)Cc2ccccc2)cs1)C(C)C. The Bertz CT molecular complexity index is 1340. The quantitative estimate of drug-likeness (QED) is 0.231. The Labute approximate surface area is 290 Å². The summed E-state index contributed by atoms with van der Waals surface area (Å²) in [6, 6.07) is 8.06. The highest BCUT2D eigenvalue weighted by Gasteiger charge is 2.37. The van der Waals surface area contributed by atoms with Crippen LogP contribution in [0.4, 0.5) is 0 Å². The monoisotopic (exact) mass is 685 g/mol. The number of aromatic nitrogens is 1. The maximum Gasteiger partial charge on any atom is 0.307 e. The lowest BCUT2D eigenvalue weighted by molar-refractivity contribution is -0.141. The van der Waals surface area contributed by atoms with Crippen LogP contribution in [0.2, 0.25) is 0 Å². The van der Waals surface area contributed by atoms with Crippen LogP contribution in [0.15, 0.2) is 35.7 Å². The summed E-state index contributed by atoms with van der Waals surface area (Å²) in [5.74, 6) is -0.988. The van der Waals surface area contributed by atoms with Crippen LogP contribution in [0.1, 0.15) is 93.4 Å². The lowest BCUT2D eigenvalue weighted by atomic mass is 9.92. The van der Waals surface area contributed by atoms with Crippen LogP contribution in [0.25, 0.3) is 0 Å². The van der Waals surface area contributed by atoms with Gasteiger partial charge in [-0.25, -0.2) is 4.98 Å². The highest BCUT2D eigenvalue weighted by molar-refractivity contribution is 7.09. The molecular weight excluding hydrogens is 630 g/mol. The molecule has 2 heterocycles. The van der Waals surface area contributed by atoms with Crippen LogP contribution in [-0.4, -0.2) is 97.5 Å². The molecule has 1 aromatic heterocycles. The fourth-order valence-electron chi connectivity index (χ4n) is 6.27. The number of amides is 3. The standard InChI is InChI=1S/C36H55N5O6S/c1-9-24(4)32(39-34(44)28-17-13-14-18-40(28)5)36(45)41(6)29(23(2)3)21-30(46-7)35-38-27(22-48-35)33(43)37-26(20-31(42)47-8)19-25-15-11-10-12-16-25/h10-12,15-16,22-24,26,28-30,32H,9,13-14,17-21H2,1-8H3,(H,37,43)(H,39,44)/t24-,26-,28+,29+,30+,32-/m0/s1. The summed E-state index contributed by atoms with van der Waals surface area (Å²) < 4.78 is 10.8. The van der Waals surface area contributed by atoms with Gasteiger partial charge in [-0.1, -0.05) is 70.9 Å². The summed E-state index contributed by atoms with van der Waals surface area (Å²) in [5, 5.41) is 8.37. The molecule has 1 aliphatic rings. The molecule has 3 amide bonds. The van der Waals surface area contributed by atoms with Crippen molar-refractivity contribution in [1.29, 1.82) is 0 Å². The molecule has 0 aliphatic carbocycles. The van der Waals surface area contributed by atoms with Crippen molar-refractivity contribution < 1.29 is 28.7 Å². The molecule has 3 rings (SSSR count). The molecule has 1 fully saturated rings. The van der Waals surface area contributed by atoms with E-state index in [9.17, 15) is 19.2 Å². The minimum Gasteiger partial charge on any atom is -0.469 e. The van der Waals surface area contributed by atoms with Gasteiger partial charge >= 0.3 is 5.97 Å². The maximum atomic E-state index is 14.1. The van der Waals surface area contributed by atoms with E-state index in [4.69, 9.17) is 9.47 Å². The second kappa shape index (κ2) is 19.0. The number of nitrogens with zero attached hydrogens (tertiary/aromatic N) is 3. The number of rotatable bonds is 17. The Hall–Kier alpha value is -3.35. The van der Waals surface area contributed by atoms with Gasteiger partial charge in [-0.3, -0.25) is 24.1 Å². The number of hydrogen-bond donors (Lipinski definition) is 2. The van der Waals surface area contributed by atoms with E-state index >= 15 is 0 Å². The molecule has 6 atom stereocenters. The van der Waals surface area contributed by atoms with E-state index in [2.05, 4.69) is 34.4 Å². The summed E-state index contributed by atoms with van der Waals surface area (Å²) in [5.41, 5.74) is 1.22. The number of esters is 1. The second-order valence-corrected chi connectivity index (χ2v) is 14.2. The zero-order chi connectivity index (χ0) is 35.4. The molecule has 0 bridgehead atoms. The molecule has 12 heteroatoms. The number of methoxy groups -OCH3 is 2. The number of carbonyl (C=O) groups excluding carboxylic acids is 4. The molecule has 1 aliphatic heterocycles. The van der Waals surface area contributed by atoms with E-state index < -0.39 is 24.2 Å². The predicted molar refractivity (Wildman–Crippen MR) is 188 cm³/mol. The highest BCUT2D eigenvalue weighted by Crippen LogP contribution is 2.30. The molecule has 2 aromatic rings. The number of piperidine rings is 1. The summed E-state index contributed by atoms with van der Waals surface area (Å²) >= 11 is 1.32. The van der Waals surface area contributed by atoms with Crippen molar-refractivity contribution in [3.8, 4) is 0 Å². The third kappa shape index (κ3) is 10.8. The highest BCUT2D eigenvalue weighted by atomic mass is 32.1. The van der Waals surface area contributed by atoms with E-state index in [-0.39, 0.29) is 53.8 Å². The van der Waals surface area contributed by atoms with Gasteiger partial charge in [-0.05, 0) is 50.3 Å². The summed E-state index contributed by atoms with van der Waals surface area (Å²) in [6.45, 7) is 9.02. The molecular formula is C36H55N5O6S. The van der Waals surface area contributed by atoms with Crippen LogP contribution >= 0.6 is 11.3 Å². The summed E-state index contributed by atoms with van der Waals surface area (Å²) in [6.07, 6.45) is 4.08. The molecule has 0 spiro atoms. The van der Waals surface area contributed by atoms with Crippen LogP contribution < -0.4 is 10.6 Å². The van der Waals surface area contributed by atoms with Crippen molar-refractivity contribution in [2.45, 2.75) is 103 Å². The van der Waals surface area contributed by atoms with Crippen molar-refractivity contribution in [3.05, 3.63) is 52.0 Å². The fourth-order valence-corrected chi connectivity index (χ4v) is 7.16. The predicted octanol–water partition coefficient (Wildman–Crippen LogP) is 4.62. The molecule has 11 nitrogen and oxygen atoms in total. The Morgan fingerprint density at radius 1 is 1.08 bits per heavy atom. The minimum absolute atomic E-state index is 0.0285. The van der Waals surface area contributed by atoms with Crippen molar-refractivity contribution in [2.75, 3.05) is 34.9 Å². The Morgan fingerprint density at radius 3 is 2.40 bits per heavy atom. The Kier molecular flexibility index (Phi) is 15.5. The molecule has 1 aromatic carbocycles. The fraction of sp³-hybridized carbons (Fsp3) is 0.639. The van der Waals surface area contributed by atoms with Crippen LogP contribution in [0, 0.1) is 11.8 Å². The first kappa shape index (κ1) is 39.1. The van der Waals surface area contributed by atoms with E-state index in [0.29, 0.717) is 17.8 Å². The molecule has 0 radical (unpaired) electrons. The number of carbonyl (C=O) groups is 4. The number of likely N-dealkylation sites (tertiary alicyclic amines) is 1. The number of thiazole rings is 1. The van der Waals surface area contributed by atoms with Crippen LogP contribution in [0.3, 0.4) is 0 Å². The zero-order valence-electron chi connectivity index (χ0n) is 29.9. The molecule has 48 heavy (non-hydrogen) atoms. The normalized spacial score (nSPS) is 18.3. The van der Waals surface area contributed by atoms with Gasteiger partial charge in [0.05, 0.1) is 19.6 Å². The first-order valence-electron chi connectivity index (χ1n) is 17.1. The first-order chi connectivity index (χ1) is 22.9. The van der Waals surface area contributed by atoms with Gasteiger partial charge < -0.3 is 25.0 Å². The topological polar surface area (TPSA) is 130 Å².